The molecule has 17 heavy (non-hydrogen) atoms. The summed E-state index contributed by atoms with van der Waals surface area (Å²) in [5, 5.41) is 0. The highest BCUT2D eigenvalue weighted by atomic mass is 19.1. The number of halogens is 1. The summed E-state index contributed by atoms with van der Waals surface area (Å²) in [7, 11) is 0. The van der Waals surface area contributed by atoms with Crippen molar-refractivity contribution in [2.75, 3.05) is 0 Å². The quantitative estimate of drug-likeness (QED) is 0.674. The topological polar surface area (TPSA) is 0 Å². The van der Waals surface area contributed by atoms with Crippen LogP contribution in [0.1, 0.15) is 29.0 Å². The minimum absolute atomic E-state index is 0.109. The van der Waals surface area contributed by atoms with Gasteiger partial charge in [-0.3, -0.25) is 0 Å². The summed E-state index contributed by atoms with van der Waals surface area (Å²) < 4.78 is 13.8. The van der Waals surface area contributed by atoms with Crippen LogP contribution in [0.2, 0.25) is 0 Å². The van der Waals surface area contributed by atoms with Gasteiger partial charge in [-0.25, -0.2) is 4.39 Å². The first-order valence-electron chi connectivity index (χ1n) is 5.86. The standard InChI is InChI=1S/C16H13F/c17-16-11-4-3-9-15(16)14-10-5-7-12-6-1-2-8-13(12)14/h1-9,11,14H,10H2/t14-/m1/s1. The number of allylic oxidation sites excluding steroid dienone is 1. The Morgan fingerprint density at radius 3 is 2.41 bits per heavy atom. The summed E-state index contributed by atoms with van der Waals surface area (Å²) in [6, 6.07) is 15.3. The fourth-order valence-corrected chi connectivity index (χ4v) is 2.49. The van der Waals surface area contributed by atoms with Crippen LogP contribution in [0, 0.1) is 5.82 Å². The molecule has 1 atom stereocenters. The second kappa shape index (κ2) is 4.17. The molecule has 1 aliphatic rings. The van der Waals surface area contributed by atoms with E-state index in [4.69, 9.17) is 0 Å². The van der Waals surface area contributed by atoms with Gasteiger partial charge >= 0.3 is 0 Å². The molecule has 0 heterocycles. The summed E-state index contributed by atoms with van der Waals surface area (Å²) in [4.78, 5) is 0. The largest absolute Gasteiger partial charge is 0.207 e. The van der Waals surface area contributed by atoms with Gasteiger partial charge in [-0.1, -0.05) is 54.6 Å². The van der Waals surface area contributed by atoms with E-state index >= 15 is 0 Å². The molecule has 0 aliphatic heterocycles. The van der Waals surface area contributed by atoms with Crippen molar-refractivity contribution < 1.29 is 4.39 Å². The van der Waals surface area contributed by atoms with Gasteiger partial charge in [0.15, 0.2) is 0 Å². The second-order valence-electron chi connectivity index (χ2n) is 4.34. The molecule has 0 saturated heterocycles. The summed E-state index contributed by atoms with van der Waals surface area (Å²) in [6.45, 7) is 0. The van der Waals surface area contributed by atoms with Crippen molar-refractivity contribution in [3.63, 3.8) is 0 Å². The van der Waals surface area contributed by atoms with E-state index in [-0.39, 0.29) is 11.7 Å². The highest BCUT2D eigenvalue weighted by Crippen LogP contribution is 2.35. The lowest BCUT2D eigenvalue weighted by Crippen LogP contribution is -2.07. The van der Waals surface area contributed by atoms with Crippen molar-refractivity contribution in [3.8, 4) is 0 Å². The molecule has 1 heteroatoms. The minimum Gasteiger partial charge on any atom is -0.207 e. The average Bonchev–Trinajstić information content (AvgIpc) is 2.39. The van der Waals surface area contributed by atoms with Gasteiger partial charge in [-0.05, 0) is 29.2 Å². The van der Waals surface area contributed by atoms with E-state index < -0.39 is 0 Å². The van der Waals surface area contributed by atoms with Crippen molar-refractivity contribution in [1.29, 1.82) is 0 Å². The molecule has 0 aromatic heterocycles. The van der Waals surface area contributed by atoms with Gasteiger partial charge < -0.3 is 0 Å². The molecule has 84 valence electrons. The maximum atomic E-state index is 13.8. The Balaban J connectivity index is 2.12. The van der Waals surface area contributed by atoms with Crippen LogP contribution >= 0.6 is 0 Å². The molecule has 0 bridgehead atoms. The third-order valence-electron chi connectivity index (χ3n) is 3.32. The minimum atomic E-state index is -0.109. The Morgan fingerprint density at radius 1 is 0.882 bits per heavy atom. The maximum absolute atomic E-state index is 13.8. The maximum Gasteiger partial charge on any atom is 0.127 e. The van der Waals surface area contributed by atoms with Crippen LogP contribution < -0.4 is 0 Å². The van der Waals surface area contributed by atoms with E-state index in [0.29, 0.717) is 0 Å². The monoisotopic (exact) mass is 224 g/mol. The van der Waals surface area contributed by atoms with Crippen LogP contribution in [-0.4, -0.2) is 0 Å². The van der Waals surface area contributed by atoms with Crippen molar-refractivity contribution in [3.05, 3.63) is 77.1 Å². The lowest BCUT2D eigenvalue weighted by molar-refractivity contribution is 0.596. The van der Waals surface area contributed by atoms with Crippen molar-refractivity contribution >= 4 is 6.08 Å². The number of benzene rings is 2. The van der Waals surface area contributed by atoms with Crippen molar-refractivity contribution in [1.82, 2.24) is 0 Å². The van der Waals surface area contributed by atoms with E-state index in [1.807, 2.05) is 24.3 Å². The van der Waals surface area contributed by atoms with E-state index in [1.54, 1.807) is 6.07 Å². The van der Waals surface area contributed by atoms with Crippen LogP contribution in [0.3, 0.4) is 0 Å². The lowest BCUT2D eigenvalue weighted by atomic mass is 9.82. The zero-order chi connectivity index (χ0) is 11.7. The molecule has 0 N–H and O–H groups in total. The van der Waals surface area contributed by atoms with Gasteiger partial charge in [-0.15, -0.1) is 0 Å². The predicted octanol–water partition coefficient (Wildman–Crippen LogP) is 4.37. The zero-order valence-corrected chi connectivity index (χ0v) is 9.44. The third kappa shape index (κ3) is 1.78. The number of hydrogen-bond acceptors (Lipinski definition) is 0. The van der Waals surface area contributed by atoms with Gasteiger partial charge in [0, 0.05) is 5.92 Å². The van der Waals surface area contributed by atoms with E-state index in [2.05, 4.69) is 24.3 Å². The highest BCUT2D eigenvalue weighted by Gasteiger charge is 2.20. The Morgan fingerprint density at radius 2 is 1.59 bits per heavy atom. The van der Waals surface area contributed by atoms with Crippen molar-refractivity contribution in [2.24, 2.45) is 0 Å². The molecule has 3 rings (SSSR count). The molecule has 1 aliphatic carbocycles. The highest BCUT2D eigenvalue weighted by molar-refractivity contribution is 5.59. The zero-order valence-electron chi connectivity index (χ0n) is 9.44. The summed E-state index contributed by atoms with van der Waals surface area (Å²) in [5.41, 5.74) is 3.22. The van der Waals surface area contributed by atoms with Gasteiger partial charge in [0.25, 0.3) is 0 Å². The Kier molecular flexibility index (Phi) is 2.52. The van der Waals surface area contributed by atoms with Gasteiger partial charge in [0.2, 0.25) is 0 Å². The van der Waals surface area contributed by atoms with Crippen LogP contribution in [-0.2, 0) is 0 Å². The van der Waals surface area contributed by atoms with E-state index in [9.17, 15) is 4.39 Å². The van der Waals surface area contributed by atoms with E-state index in [0.717, 1.165) is 12.0 Å². The number of hydrogen-bond donors (Lipinski definition) is 0. The molecule has 2 aromatic rings. The van der Waals surface area contributed by atoms with Gasteiger partial charge in [0.05, 0.1) is 0 Å². The molecule has 0 radical (unpaired) electrons. The SMILES string of the molecule is Fc1ccccc1[C@@H]1CC=Cc2ccccc21. The lowest BCUT2D eigenvalue weighted by Gasteiger charge is -2.22. The van der Waals surface area contributed by atoms with Crippen LogP contribution in [0.15, 0.2) is 54.6 Å². The molecular weight excluding hydrogens is 211 g/mol. The molecule has 0 spiro atoms. The predicted molar refractivity (Wildman–Crippen MR) is 68.3 cm³/mol. The smallest absolute Gasteiger partial charge is 0.127 e. The third-order valence-corrected chi connectivity index (χ3v) is 3.32. The first-order valence-corrected chi connectivity index (χ1v) is 5.86. The number of rotatable bonds is 1. The Labute approximate surface area is 100 Å². The molecule has 0 nitrogen and oxygen atoms in total. The molecule has 0 unspecified atom stereocenters. The molecule has 2 aromatic carbocycles. The average molecular weight is 224 g/mol. The Bertz CT molecular complexity index is 569. The Hall–Kier alpha value is -1.89. The van der Waals surface area contributed by atoms with Crippen LogP contribution in [0.4, 0.5) is 4.39 Å². The number of fused-ring (bicyclic) bond motifs is 1. The molecule has 0 saturated carbocycles. The van der Waals surface area contributed by atoms with Gasteiger partial charge in [0.1, 0.15) is 5.82 Å². The summed E-state index contributed by atoms with van der Waals surface area (Å²) >= 11 is 0. The first-order chi connectivity index (χ1) is 8.36. The van der Waals surface area contributed by atoms with E-state index in [1.165, 1.54) is 17.2 Å². The van der Waals surface area contributed by atoms with Crippen molar-refractivity contribution in [2.45, 2.75) is 12.3 Å². The first kappa shape index (κ1) is 10.3. The molecule has 0 fully saturated rings. The van der Waals surface area contributed by atoms with Crippen LogP contribution in [0.25, 0.3) is 6.08 Å². The fraction of sp³-hybridized carbons (Fsp3) is 0.125. The normalized spacial score (nSPS) is 17.8. The summed E-state index contributed by atoms with van der Waals surface area (Å²) in [6.07, 6.45) is 5.12. The summed E-state index contributed by atoms with van der Waals surface area (Å²) in [5.74, 6) is 0.0417. The fourth-order valence-electron chi connectivity index (χ4n) is 2.49. The molecular formula is C16H13F. The second-order valence-corrected chi connectivity index (χ2v) is 4.34. The molecule has 0 amide bonds. The van der Waals surface area contributed by atoms with Crippen LogP contribution in [0.5, 0.6) is 0 Å². The van der Waals surface area contributed by atoms with Gasteiger partial charge in [-0.2, -0.15) is 0 Å².